The van der Waals surface area contributed by atoms with Crippen LogP contribution in [0, 0.1) is 0 Å². The van der Waals surface area contributed by atoms with Crippen LogP contribution in [0.15, 0.2) is 24.4 Å². The Bertz CT molecular complexity index is 485. The fourth-order valence-electron chi connectivity index (χ4n) is 1.74. The maximum atomic E-state index is 10.7. The lowest BCUT2D eigenvalue weighted by Gasteiger charge is -2.07. The lowest BCUT2D eigenvalue weighted by atomic mass is 10.1. The summed E-state index contributed by atoms with van der Waals surface area (Å²) >= 11 is 0. The number of aromatic amines is 1. The first kappa shape index (κ1) is 9.93. The van der Waals surface area contributed by atoms with Crippen LogP contribution in [0.1, 0.15) is 15.9 Å². The molecule has 2 rings (SSSR count). The van der Waals surface area contributed by atoms with Gasteiger partial charge in [0.15, 0.2) is 0 Å². The number of rotatable bonds is 3. The first-order valence-corrected chi connectivity index (χ1v) is 4.90. The molecule has 0 aliphatic rings. The SMILES string of the molecule is CN(C)Cc1c[nH]c2ccc(C=O)cc12. The number of aldehydes is 1. The molecular weight excluding hydrogens is 188 g/mol. The highest BCUT2D eigenvalue weighted by Gasteiger charge is 2.05. The molecule has 0 fully saturated rings. The van der Waals surface area contributed by atoms with Crippen molar-refractivity contribution < 1.29 is 4.79 Å². The van der Waals surface area contributed by atoms with E-state index in [-0.39, 0.29) is 0 Å². The van der Waals surface area contributed by atoms with Gasteiger partial charge in [-0.25, -0.2) is 0 Å². The highest BCUT2D eigenvalue weighted by molar-refractivity contribution is 5.89. The molecule has 0 radical (unpaired) electrons. The van der Waals surface area contributed by atoms with E-state index in [1.807, 2.05) is 38.5 Å². The molecule has 78 valence electrons. The van der Waals surface area contributed by atoms with E-state index in [4.69, 9.17) is 0 Å². The third-order valence-electron chi connectivity index (χ3n) is 2.41. The predicted molar refractivity (Wildman–Crippen MR) is 61.1 cm³/mol. The maximum Gasteiger partial charge on any atom is 0.150 e. The molecule has 0 bridgehead atoms. The number of nitrogens with one attached hydrogen (secondary N) is 1. The summed E-state index contributed by atoms with van der Waals surface area (Å²) in [6.07, 6.45) is 2.88. The first-order chi connectivity index (χ1) is 7.20. The van der Waals surface area contributed by atoms with Crippen LogP contribution in [-0.2, 0) is 6.54 Å². The fraction of sp³-hybridized carbons (Fsp3) is 0.250. The molecular formula is C12H14N2O. The first-order valence-electron chi connectivity index (χ1n) is 4.90. The molecule has 3 heteroatoms. The zero-order chi connectivity index (χ0) is 10.8. The van der Waals surface area contributed by atoms with E-state index in [1.165, 1.54) is 5.56 Å². The van der Waals surface area contributed by atoms with Crippen LogP contribution < -0.4 is 0 Å². The van der Waals surface area contributed by atoms with Gasteiger partial charge in [-0.15, -0.1) is 0 Å². The molecule has 0 saturated carbocycles. The quantitative estimate of drug-likeness (QED) is 0.773. The Morgan fingerprint density at radius 3 is 2.87 bits per heavy atom. The molecule has 0 aliphatic carbocycles. The number of hydrogen-bond donors (Lipinski definition) is 1. The highest BCUT2D eigenvalue weighted by atomic mass is 16.1. The van der Waals surface area contributed by atoms with Crippen LogP contribution in [-0.4, -0.2) is 30.3 Å². The number of hydrogen-bond acceptors (Lipinski definition) is 2. The second-order valence-electron chi connectivity index (χ2n) is 3.97. The van der Waals surface area contributed by atoms with E-state index in [2.05, 4.69) is 9.88 Å². The lowest BCUT2D eigenvalue weighted by molar-refractivity contribution is 0.112. The minimum Gasteiger partial charge on any atom is -0.361 e. The van der Waals surface area contributed by atoms with Gasteiger partial charge in [0.05, 0.1) is 0 Å². The average molecular weight is 202 g/mol. The van der Waals surface area contributed by atoms with E-state index in [0.717, 1.165) is 29.3 Å². The van der Waals surface area contributed by atoms with Gasteiger partial charge in [0.2, 0.25) is 0 Å². The van der Waals surface area contributed by atoms with Gasteiger partial charge >= 0.3 is 0 Å². The molecule has 0 atom stereocenters. The molecule has 0 unspecified atom stereocenters. The number of carbonyl (C=O) groups excluding carboxylic acids is 1. The van der Waals surface area contributed by atoms with E-state index in [0.29, 0.717) is 0 Å². The van der Waals surface area contributed by atoms with E-state index in [1.54, 1.807) is 0 Å². The van der Waals surface area contributed by atoms with Crippen LogP contribution in [0.2, 0.25) is 0 Å². The van der Waals surface area contributed by atoms with Gasteiger partial charge in [-0.2, -0.15) is 0 Å². The summed E-state index contributed by atoms with van der Waals surface area (Å²) in [5.74, 6) is 0. The smallest absolute Gasteiger partial charge is 0.150 e. The Morgan fingerprint density at radius 2 is 2.20 bits per heavy atom. The third kappa shape index (κ3) is 1.92. The lowest BCUT2D eigenvalue weighted by Crippen LogP contribution is -2.10. The van der Waals surface area contributed by atoms with E-state index >= 15 is 0 Å². The zero-order valence-corrected chi connectivity index (χ0v) is 8.95. The number of aromatic nitrogens is 1. The topological polar surface area (TPSA) is 36.1 Å². The van der Waals surface area contributed by atoms with Crippen LogP contribution in [0.5, 0.6) is 0 Å². The summed E-state index contributed by atoms with van der Waals surface area (Å²) in [5, 5.41) is 1.13. The van der Waals surface area contributed by atoms with Crippen molar-refractivity contribution in [3.63, 3.8) is 0 Å². The Morgan fingerprint density at radius 1 is 1.40 bits per heavy atom. The standard InChI is InChI=1S/C12H14N2O/c1-14(2)7-10-6-13-12-4-3-9(8-15)5-11(10)12/h3-6,8,13H,7H2,1-2H3. The molecule has 0 aliphatic heterocycles. The molecule has 0 saturated heterocycles. The minimum absolute atomic E-state index is 0.724. The Labute approximate surface area is 88.7 Å². The second-order valence-corrected chi connectivity index (χ2v) is 3.97. The van der Waals surface area contributed by atoms with Crippen molar-refractivity contribution in [1.82, 2.24) is 9.88 Å². The van der Waals surface area contributed by atoms with Crippen LogP contribution in [0.4, 0.5) is 0 Å². The Kier molecular flexibility index (Phi) is 2.56. The van der Waals surface area contributed by atoms with E-state index in [9.17, 15) is 4.79 Å². The normalized spacial score (nSPS) is 11.1. The largest absolute Gasteiger partial charge is 0.361 e. The van der Waals surface area contributed by atoms with Crippen molar-refractivity contribution in [3.8, 4) is 0 Å². The van der Waals surface area contributed by atoms with Crippen molar-refractivity contribution in [1.29, 1.82) is 0 Å². The highest BCUT2D eigenvalue weighted by Crippen LogP contribution is 2.20. The summed E-state index contributed by atoms with van der Waals surface area (Å²) in [6.45, 7) is 0.877. The molecule has 3 nitrogen and oxygen atoms in total. The number of H-pyrrole nitrogens is 1. The van der Waals surface area contributed by atoms with Crippen LogP contribution >= 0.6 is 0 Å². The summed E-state index contributed by atoms with van der Waals surface area (Å²) in [4.78, 5) is 16.0. The van der Waals surface area contributed by atoms with Gasteiger partial charge in [0.1, 0.15) is 6.29 Å². The Hall–Kier alpha value is -1.61. The summed E-state index contributed by atoms with van der Waals surface area (Å²) < 4.78 is 0. The minimum atomic E-state index is 0.724. The second kappa shape index (κ2) is 3.87. The molecule has 0 spiro atoms. The number of fused-ring (bicyclic) bond motifs is 1. The average Bonchev–Trinajstić information content (AvgIpc) is 2.60. The van der Waals surface area contributed by atoms with Crippen molar-refractivity contribution in [2.75, 3.05) is 14.1 Å². The predicted octanol–water partition coefficient (Wildman–Crippen LogP) is 2.04. The molecule has 0 amide bonds. The summed E-state index contributed by atoms with van der Waals surface area (Å²) in [6, 6.07) is 5.70. The van der Waals surface area contributed by atoms with E-state index < -0.39 is 0 Å². The number of carbonyl (C=O) groups is 1. The third-order valence-corrected chi connectivity index (χ3v) is 2.41. The summed E-state index contributed by atoms with van der Waals surface area (Å²) in [7, 11) is 4.06. The molecule has 2 aromatic rings. The maximum absolute atomic E-state index is 10.7. The molecule has 1 aromatic heterocycles. The summed E-state index contributed by atoms with van der Waals surface area (Å²) in [5.41, 5.74) is 3.03. The van der Waals surface area contributed by atoms with Crippen molar-refractivity contribution >= 4 is 17.2 Å². The fourth-order valence-corrected chi connectivity index (χ4v) is 1.74. The van der Waals surface area contributed by atoms with Crippen LogP contribution in [0.3, 0.4) is 0 Å². The molecule has 1 heterocycles. The molecule has 1 N–H and O–H groups in total. The molecule has 15 heavy (non-hydrogen) atoms. The van der Waals surface area contributed by atoms with Gasteiger partial charge in [-0.1, -0.05) is 0 Å². The molecule has 1 aromatic carbocycles. The zero-order valence-electron chi connectivity index (χ0n) is 8.95. The van der Waals surface area contributed by atoms with Crippen molar-refractivity contribution in [2.45, 2.75) is 6.54 Å². The van der Waals surface area contributed by atoms with Crippen LogP contribution in [0.25, 0.3) is 10.9 Å². The van der Waals surface area contributed by atoms with Gasteiger partial charge in [-0.3, -0.25) is 4.79 Å². The van der Waals surface area contributed by atoms with Gasteiger partial charge in [-0.05, 0) is 37.9 Å². The van der Waals surface area contributed by atoms with Gasteiger partial charge in [0, 0.05) is 29.2 Å². The number of benzene rings is 1. The van der Waals surface area contributed by atoms with Crippen molar-refractivity contribution in [3.05, 3.63) is 35.5 Å². The monoisotopic (exact) mass is 202 g/mol. The van der Waals surface area contributed by atoms with Gasteiger partial charge in [0.25, 0.3) is 0 Å². The Balaban J connectivity index is 2.51. The van der Waals surface area contributed by atoms with Crippen molar-refractivity contribution in [2.24, 2.45) is 0 Å². The van der Waals surface area contributed by atoms with Gasteiger partial charge < -0.3 is 9.88 Å². The number of nitrogens with zero attached hydrogens (tertiary/aromatic N) is 1.